The van der Waals surface area contributed by atoms with Crippen LogP contribution in [-0.2, 0) is 16.1 Å². The van der Waals surface area contributed by atoms with Crippen LogP contribution in [0.15, 0.2) is 24.3 Å². The number of carbonyl (C=O) groups excluding carboxylic acids is 4. The first-order chi connectivity index (χ1) is 19.2. The first kappa shape index (κ1) is 26.3. The minimum atomic E-state index is -0.792. The van der Waals surface area contributed by atoms with E-state index in [4.69, 9.17) is 16.3 Å². The molecule has 4 heterocycles. The highest BCUT2D eigenvalue weighted by Gasteiger charge is 2.41. The Kier molecular flexibility index (Phi) is 6.53. The fourth-order valence-corrected chi connectivity index (χ4v) is 6.43. The number of hydrogen-bond acceptors (Lipinski definition) is 5. The van der Waals surface area contributed by atoms with E-state index in [1.54, 1.807) is 30.2 Å². The Morgan fingerprint density at radius 2 is 1.88 bits per heavy atom. The minimum Gasteiger partial charge on any atom is -0.495 e. The third-order valence-electron chi connectivity index (χ3n) is 8.45. The molecule has 2 saturated heterocycles. The lowest BCUT2D eigenvalue weighted by Gasteiger charge is -2.32. The zero-order valence-corrected chi connectivity index (χ0v) is 22.9. The number of rotatable bonds is 4. The molecule has 2 aromatic carbocycles. The summed E-state index contributed by atoms with van der Waals surface area (Å²) in [5.41, 5.74) is 3.12. The number of piperidine rings is 2. The highest BCUT2D eigenvalue weighted by molar-refractivity contribution is 6.33. The van der Waals surface area contributed by atoms with E-state index >= 15 is 4.39 Å². The van der Waals surface area contributed by atoms with Crippen LogP contribution >= 0.6 is 11.6 Å². The molecule has 2 N–H and O–H groups in total. The van der Waals surface area contributed by atoms with Gasteiger partial charge in [0, 0.05) is 41.5 Å². The number of hydrogen-bond donors (Lipinski definition) is 2. The molecule has 0 aliphatic carbocycles. The van der Waals surface area contributed by atoms with Gasteiger partial charge in [0.05, 0.1) is 18.7 Å². The molecule has 11 heteroatoms. The molecule has 3 aliphatic rings. The number of aromatic nitrogens is 1. The lowest BCUT2D eigenvalue weighted by molar-refractivity contribution is -0.136. The van der Waals surface area contributed by atoms with Crippen molar-refractivity contribution in [3.05, 3.63) is 63.1 Å². The van der Waals surface area contributed by atoms with E-state index in [9.17, 15) is 19.2 Å². The Labute approximate surface area is 234 Å². The molecule has 3 aromatic rings. The number of nitrogens with one attached hydrogen (secondary N) is 2. The predicted molar refractivity (Wildman–Crippen MR) is 145 cm³/mol. The minimum absolute atomic E-state index is 0.00803. The number of methoxy groups -OCH3 is 1. The smallest absolute Gasteiger partial charge is 0.270 e. The number of halogens is 2. The second kappa shape index (κ2) is 9.92. The van der Waals surface area contributed by atoms with Crippen LogP contribution in [0, 0.1) is 12.7 Å². The Morgan fingerprint density at radius 3 is 2.58 bits per heavy atom. The maximum absolute atomic E-state index is 15.8. The van der Waals surface area contributed by atoms with Crippen molar-refractivity contribution in [2.75, 3.05) is 20.2 Å². The van der Waals surface area contributed by atoms with E-state index in [0.29, 0.717) is 48.0 Å². The normalized spacial score (nSPS) is 19.8. The van der Waals surface area contributed by atoms with Gasteiger partial charge in [0.1, 0.15) is 23.3 Å². The van der Waals surface area contributed by atoms with E-state index in [0.717, 1.165) is 16.5 Å². The van der Waals surface area contributed by atoms with Crippen LogP contribution in [0.3, 0.4) is 0 Å². The third-order valence-corrected chi connectivity index (χ3v) is 8.74. The third kappa shape index (κ3) is 4.21. The van der Waals surface area contributed by atoms with Crippen molar-refractivity contribution in [1.82, 2.24) is 20.1 Å². The van der Waals surface area contributed by atoms with Crippen LogP contribution in [-0.4, -0.2) is 64.7 Å². The van der Waals surface area contributed by atoms with Crippen LogP contribution in [0.25, 0.3) is 10.9 Å². The SMILES string of the molecule is COc1cc2c(C)c(C(=O)N3CCC(c4ccc5c(c4F)CN(C4CCC(=O)NC4=O)C5=O)CC3)[nH]c2cc1Cl. The average Bonchev–Trinajstić information content (AvgIpc) is 3.44. The first-order valence-corrected chi connectivity index (χ1v) is 13.7. The van der Waals surface area contributed by atoms with Crippen LogP contribution in [0.2, 0.25) is 5.02 Å². The van der Waals surface area contributed by atoms with Gasteiger partial charge in [-0.05, 0) is 61.4 Å². The van der Waals surface area contributed by atoms with Crippen molar-refractivity contribution in [2.45, 2.75) is 51.1 Å². The number of H-pyrrole nitrogens is 1. The second-order valence-corrected chi connectivity index (χ2v) is 11.0. The summed E-state index contributed by atoms with van der Waals surface area (Å²) in [4.78, 5) is 56.6. The first-order valence-electron chi connectivity index (χ1n) is 13.3. The number of nitrogens with zero attached hydrogens (tertiary/aromatic N) is 2. The van der Waals surface area contributed by atoms with Crippen LogP contribution < -0.4 is 10.1 Å². The standard InChI is InChI=1S/C29H28ClFN4O5/c1-14-18-11-23(40-2)20(30)12-21(18)32-26(14)29(39)34-9-7-15(8-10-34)16-3-4-17-19(25(16)31)13-35(28(17)38)22-5-6-24(36)33-27(22)37/h3-4,11-12,15,22,32H,5-10,13H2,1-2H3,(H,33,36,37). The number of imide groups is 1. The molecular formula is C29H28ClFN4O5. The number of aryl methyl sites for hydroxylation is 1. The van der Waals surface area contributed by atoms with Crippen molar-refractivity contribution in [2.24, 2.45) is 0 Å². The number of likely N-dealkylation sites (tertiary alicyclic amines) is 1. The molecule has 40 heavy (non-hydrogen) atoms. The number of benzene rings is 2. The van der Waals surface area contributed by atoms with Gasteiger partial charge in [0.2, 0.25) is 11.8 Å². The lowest BCUT2D eigenvalue weighted by Crippen LogP contribution is -2.52. The fraction of sp³-hybridized carbons (Fsp3) is 0.379. The molecule has 0 radical (unpaired) electrons. The van der Waals surface area contributed by atoms with Gasteiger partial charge < -0.3 is 19.5 Å². The number of fused-ring (bicyclic) bond motifs is 2. The predicted octanol–water partition coefficient (Wildman–Crippen LogP) is 4.06. The van der Waals surface area contributed by atoms with Crippen LogP contribution in [0.4, 0.5) is 4.39 Å². The molecule has 6 rings (SSSR count). The van der Waals surface area contributed by atoms with Gasteiger partial charge in [0.15, 0.2) is 0 Å². The van der Waals surface area contributed by atoms with E-state index in [1.165, 1.54) is 4.90 Å². The highest BCUT2D eigenvalue weighted by atomic mass is 35.5. The molecule has 0 saturated carbocycles. The summed E-state index contributed by atoms with van der Waals surface area (Å²) in [6.07, 6.45) is 1.51. The van der Waals surface area contributed by atoms with Crippen molar-refractivity contribution in [3.63, 3.8) is 0 Å². The zero-order chi connectivity index (χ0) is 28.3. The summed E-state index contributed by atoms with van der Waals surface area (Å²) in [5.74, 6) is -1.42. The van der Waals surface area contributed by atoms with Gasteiger partial charge in [-0.1, -0.05) is 17.7 Å². The van der Waals surface area contributed by atoms with Gasteiger partial charge in [-0.25, -0.2) is 4.39 Å². The maximum atomic E-state index is 15.8. The van der Waals surface area contributed by atoms with E-state index in [1.807, 2.05) is 13.0 Å². The van der Waals surface area contributed by atoms with E-state index < -0.39 is 23.7 Å². The van der Waals surface area contributed by atoms with Crippen molar-refractivity contribution >= 4 is 46.1 Å². The van der Waals surface area contributed by atoms with E-state index in [-0.39, 0.29) is 48.2 Å². The van der Waals surface area contributed by atoms with Gasteiger partial charge in [-0.15, -0.1) is 0 Å². The van der Waals surface area contributed by atoms with Crippen LogP contribution in [0.5, 0.6) is 5.75 Å². The Hall–Kier alpha value is -3.92. The summed E-state index contributed by atoms with van der Waals surface area (Å²) in [5, 5.41) is 3.58. The van der Waals surface area contributed by atoms with E-state index in [2.05, 4.69) is 10.3 Å². The molecule has 2 fully saturated rings. The number of aromatic amines is 1. The van der Waals surface area contributed by atoms with Crippen molar-refractivity contribution in [1.29, 1.82) is 0 Å². The highest BCUT2D eigenvalue weighted by Crippen LogP contribution is 2.37. The molecular weight excluding hydrogens is 539 g/mol. The van der Waals surface area contributed by atoms with Gasteiger partial charge in [0.25, 0.3) is 11.8 Å². The molecule has 9 nitrogen and oxygen atoms in total. The Bertz CT molecular complexity index is 1590. The summed E-state index contributed by atoms with van der Waals surface area (Å²) in [7, 11) is 1.54. The monoisotopic (exact) mass is 566 g/mol. The second-order valence-electron chi connectivity index (χ2n) is 10.6. The van der Waals surface area contributed by atoms with Gasteiger partial charge >= 0.3 is 0 Å². The summed E-state index contributed by atoms with van der Waals surface area (Å²) < 4.78 is 21.1. The lowest BCUT2D eigenvalue weighted by atomic mass is 9.87. The Morgan fingerprint density at radius 1 is 1.12 bits per heavy atom. The van der Waals surface area contributed by atoms with Gasteiger partial charge in [-0.3, -0.25) is 24.5 Å². The average molecular weight is 567 g/mol. The number of carbonyl (C=O) groups is 4. The zero-order valence-electron chi connectivity index (χ0n) is 22.1. The molecule has 3 aliphatic heterocycles. The van der Waals surface area contributed by atoms with Crippen molar-refractivity contribution in [3.8, 4) is 5.75 Å². The molecule has 1 atom stereocenters. The number of amides is 4. The molecule has 1 aromatic heterocycles. The summed E-state index contributed by atoms with van der Waals surface area (Å²) in [6.45, 7) is 2.79. The van der Waals surface area contributed by atoms with Gasteiger partial charge in [-0.2, -0.15) is 0 Å². The summed E-state index contributed by atoms with van der Waals surface area (Å²) in [6, 6.07) is 6.05. The quantitative estimate of drug-likeness (QED) is 0.463. The molecule has 4 amide bonds. The topological polar surface area (TPSA) is 112 Å². The summed E-state index contributed by atoms with van der Waals surface area (Å²) >= 11 is 6.26. The molecule has 0 bridgehead atoms. The van der Waals surface area contributed by atoms with Crippen molar-refractivity contribution < 1.29 is 28.3 Å². The maximum Gasteiger partial charge on any atom is 0.270 e. The molecule has 1 unspecified atom stereocenters. The largest absolute Gasteiger partial charge is 0.495 e. The van der Waals surface area contributed by atoms with Crippen LogP contribution in [0.1, 0.15) is 69.1 Å². The fourth-order valence-electron chi connectivity index (χ4n) is 6.19. The molecule has 208 valence electrons. The number of ether oxygens (including phenoxy) is 1. The Balaban J connectivity index is 1.17. The molecule has 0 spiro atoms.